The topological polar surface area (TPSA) is 78.5 Å². The standard InChI is InChI=1S/C29H33N5O2S/c1-29(2,3)37(36)30-12-14-33-13-11-20-15-25-23(17-22(20)28(33)35)31-27(32(25)4)26-16-21-7-5-6-8-24(21)34(26)18-19-9-10-19/h5-8,12,15-17,19H,9-11,13-14,18H2,1-4H3/b30-12+/t37-/m1/s1. The van der Waals surface area contributed by atoms with E-state index < -0.39 is 16.1 Å². The highest BCUT2D eigenvalue weighted by Crippen LogP contribution is 2.37. The maximum atomic E-state index is 13.3. The Bertz CT molecular complexity index is 1540. The molecule has 0 bridgehead atoms. The molecule has 0 saturated heterocycles. The first kappa shape index (κ1) is 24.2. The first-order valence-corrected chi connectivity index (χ1v) is 14.1. The number of imidazole rings is 1. The smallest absolute Gasteiger partial charge is 0.254 e. The maximum absolute atomic E-state index is 13.3. The summed E-state index contributed by atoms with van der Waals surface area (Å²) in [6, 6.07) is 14.9. The minimum absolute atomic E-state index is 0.0220. The zero-order valence-corrected chi connectivity index (χ0v) is 22.7. The average Bonchev–Trinajstić information content (AvgIpc) is 3.54. The van der Waals surface area contributed by atoms with Gasteiger partial charge in [0.15, 0.2) is 5.82 Å². The number of carbonyl (C=O) groups is 1. The molecule has 1 fully saturated rings. The fourth-order valence-corrected chi connectivity index (χ4v) is 5.64. The van der Waals surface area contributed by atoms with Crippen LogP contribution in [0.5, 0.6) is 0 Å². The van der Waals surface area contributed by atoms with Crippen LogP contribution in [0.1, 0.15) is 49.5 Å². The van der Waals surface area contributed by atoms with E-state index in [4.69, 9.17) is 4.98 Å². The molecule has 8 heteroatoms. The molecule has 4 aromatic rings. The van der Waals surface area contributed by atoms with Crippen LogP contribution < -0.4 is 0 Å². The third-order valence-corrected chi connectivity index (χ3v) is 8.84. The molecule has 0 unspecified atom stereocenters. The SMILES string of the molecule is Cn1c(-c2cc3ccccc3n2CC2CC2)nc2cc3c(cc21)CCN(C/C=N/[S@+]([O-])C(C)(C)C)C3=O. The van der Waals surface area contributed by atoms with Gasteiger partial charge in [-0.15, -0.1) is 0 Å². The number of hydrogen-bond acceptors (Lipinski definition) is 4. The molecule has 0 spiro atoms. The highest BCUT2D eigenvalue weighted by atomic mass is 32.2. The summed E-state index contributed by atoms with van der Waals surface area (Å²) >= 11 is -1.33. The number of nitrogens with zero attached hydrogens (tertiary/aromatic N) is 5. The Labute approximate surface area is 220 Å². The lowest BCUT2D eigenvalue weighted by atomic mass is 9.98. The minimum Gasteiger partial charge on any atom is -0.591 e. The summed E-state index contributed by atoms with van der Waals surface area (Å²) in [5.41, 5.74) is 6.00. The lowest BCUT2D eigenvalue weighted by Crippen LogP contribution is -2.39. The number of aryl methyl sites for hydroxylation is 1. The molecular weight excluding hydrogens is 482 g/mol. The molecule has 37 heavy (non-hydrogen) atoms. The van der Waals surface area contributed by atoms with Crippen LogP contribution in [0, 0.1) is 5.92 Å². The second kappa shape index (κ2) is 9.03. The Kier molecular flexibility index (Phi) is 5.92. The van der Waals surface area contributed by atoms with Crippen LogP contribution in [-0.4, -0.2) is 53.5 Å². The molecule has 2 aromatic heterocycles. The molecule has 1 aliphatic carbocycles. The maximum Gasteiger partial charge on any atom is 0.254 e. The Morgan fingerprint density at radius 3 is 2.70 bits per heavy atom. The third kappa shape index (κ3) is 4.46. The number of para-hydroxylation sites is 1. The van der Waals surface area contributed by atoms with Crippen LogP contribution in [0.3, 0.4) is 0 Å². The van der Waals surface area contributed by atoms with Gasteiger partial charge in [0.25, 0.3) is 5.91 Å². The highest BCUT2D eigenvalue weighted by Gasteiger charge is 2.29. The summed E-state index contributed by atoms with van der Waals surface area (Å²) in [6.07, 6.45) is 4.96. The highest BCUT2D eigenvalue weighted by molar-refractivity contribution is 7.91. The Hall–Kier alpha value is -3.10. The van der Waals surface area contributed by atoms with Crippen molar-refractivity contribution in [2.45, 2.75) is 51.3 Å². The number of rotatable bonds is 6. The van der Waals surface area contributed by atoms with Gasteiger partial charge in [-0.05, 0) is 75.8 Å². The number of hydrogen-bond donors (Lipinski definition) is 0. The van der Waals surface area contributed by atoms with E-state index in [1.807, 2.05) is 26.8 Å². The number of amides is 1. The number of benzene rings is 2. The molecule has 192 valence electrons. The Morgan fingerprint density at radius 2 is 1.95 bits per heavy atom. The van der Waals surface area contributed by atoms with Crippen LogP contribution >= 0.6 is 0 Å². The fourth-order valence-electron chi connectivity index (χ4n) is 5.13. The molecule has 2 aromatic carbocycles. The van der Waals surface area contributed by atoms with Gasteiger partial charge in [-0.1, -0.05) is 22.6 Å². The van der Waals surface area contributed by atoms with E-state index >= 15 is 0 Å². The van der Waals surface area contributed by atoms with Crippen molar-refractivity contribution >= 4 is 45.4 Å². The lowest BCUT2D eigenvalue weighted by molar-refractivity contribution is 0.0766. The van der Waals surface area contributed by atoms with Gasteiger partial charge in [0.1, 0.15) is 16.1 Å². The monoisotopic (exact) mass is 515 g/mol. The summed E-state index contributed by atoms with van der Waals surface area (Å²) in [7, 11) is 2.07. The average molecular weight is 516 g/mol. The van der Waals surface area contributed by atoms with Gasteiger partial charge in [-0.2, -0.15) is 0 Å². The number of carbonyl (C=O) groups excluding carboxylic acids is 1. The van der Waals surface area contributed by atoms with Crippen molar-refractivity contribution < 1.29 is 9.35 Å². The second-order valence-corrected chi connectivity index (χ2v) is 13.2. The van der Waals surface area contributed by atoms with Gasteiger partial charge in [0.05, 0.1) is 29.5 Å². The van der Waals surface area contributed by atoms with E-state index in [0.717, 1.165) is 47.0 Å². The van der Waals surface area contributed by atoms with Crippen LogP contribution in [0.4, 0.5) is 0 Å². The van der Waals surface area contributed by atoms with E-state index in [0.29, 0.717) is 18.7 Å². The van der Waals surface area contributed by atoms with Crippen molar-refractivity contribution in [2.24, 2.45) is 17.4 Å². The molecule has 2 aliphatic rings. The molecule has 3 heterocycles. The largest absolute Gasteiger partial charge is 0.591 e. The lowest BCUT2D eigenvalue weighted by Gasteiger charge is -2.27. The molecule has 0 N–H and O–H groups in total. The van der Waals surface area contributed by atoms with Gasteiger partial charge < -0.3 is 18.6 Å². The molecule has 1 aliphatic heterocycles. The third-order valence-electron chi connectivity index (χ3n) is 7.45. The minimum atomic E-state index is -1.33. The summed E-state index contributed by atoms with van der Waals surface area (Å²) in [6.45, 7) is 7.65. The van der Waals surface area contributed by atoms with Crippen LogP contribution in [0.2, 0.25) is 0 Å². The van der Waals surface area contributed by atoms with E-state index in [2.05, 4.69) is 57.0 Å². The first-order valence-electron chi connectivity index (χ1n) is 13.0. The predicted molar refractivity (Wildman–Crippen MR) is 150 cm³/mol. The van der Waals surface area contributed by atoms with E-state index in [9.17, 15) is 9.35 Å². The van der Waals surface area contributed by atoms with E-state index in [1.54, 1.807) is 11.1 Å². The molecular formula is C29H33N5O2S. The van der Waals surface area contributed by atoms with Crippen molar-refractivity contribution in [3.05, 3.63) is 53.6 Å². The summed E-state index contributed by atoms with van der Waals surface area (Å²) in [4.78, 5) is 20.2. The second-order valence-electron chi connectivity index (χ2n) is 11.3. The van der Waals surface area contributed by atoms with Gasteiger partial charge in [0.2, 0.25) is 0 Å². The number of fused-ring (bicyclic) bond motifs is 3. The predicted octanol–water partition coefficient (Wildman–Crippen LogP) is 5.14. The zero-order chi connectivity index (χ0) is 25.9. The van der Waals surface area contributed by atoms with Gasteiger partial charge >= 0.3 is 0 Å². The molecule has 1 atom stereocenters. The Morgan fingerprint density at radius 1 is 1.16 bits per heavy atom. The molecule has 1 saturated carbocycles. The quantitative estimate of drug-likeness (QED) is 0.264. The molecule has 0 radical (unpaired) electrons. The van der Waals surface area contributed by atoms with Crippen LogP contribution in [-0.2, 0) is 31.4 Å². The molecule has 7 nitrogen and oxygen atoms in total. The Balaban J connectivity index is 1.34. The zero-order valence-electron chi connectivity index (χ0n) is 21.9. The van der Waals surface area contributed by atoms with Crippen LogP contribution in [0.15, 0.2) is 46.9 Å². The summed E-state index contributed by atoms with van der Waals surface area (Å²) in [5, 5.41) is 1.23. The van der Waals surface area contributed by atoms with Gasteiger partial charge in [0, 0.05) is 36.6 Å². The fraction of sp³-hybridized carbons (Fsp3) is 0.414. The van der Waals surface area contributed by atoms with Crippen LogP contribution in [0.25, 0.3) is 33.5 Å². The normalized spacial score (nSPS) is 17.3. The van der Waals surface area contributed by atoms with Crippen molar-refractivity contribution in [3.63, 3.8) is 0 Å². The first-order chi connectivity index (χ1) is 17.7. The molecule has 1 amide bonds. The van der Waals surface area contributed by atoms with Gasteiger partial charge in [-0.25, -0.2) is 4.98 Å². The molecule has 6 rings (SSSR count). The summed E-state index contributed by atoms with van der Waals surface area (Å²) < 4.78 is 20.6. The van der Waals surface area contributed by atoms with Crippen molar-refractivity contribution in [3.8, 4) is 11.5 Å². The van der Waals surface area contributed by atoms with Crippen molar-refractivity contribution in [1.29, 1.82) is 0 Å². The number of aromatic nitrogens is 3. The van der Waals surface area contributed by atoms with E-state index in [1.165, 1.54) is 23.7 Å². The van der Waals surface area contributed by atoms with Gasteiger partial charge in [-0.3, -0.25) is 4.79 Å². The van der Waals surface area contributed by atoms with Crippen molar-refractivity contribution in [1.82, 2.24) is 19.0 Å². The van der Waals surface area contributed by atoms with Crippen molar-refractivity contribution in [2.75, 3.05) is 13.1 Å². The van der Waals surface area contributed by atoms with E-state index in [-0.39, 0.29) is 5.91 Å². The summed E-state index contributed by atoms with van der Waals surface area (Å²) in [5.74, 6) is 1.64.